The first-order chi connectivity index (χ1) is 11.4. The number of benzene rings is 1. The second-order valence-electron chi connectivity index (χ2n) is 5.21. The van der Waals surface area contributed by atoms with Crippen LogP contribution in [0.25, 0.3) is 11.0 Å². The average Bonchev–Trinajstić information content (AvgIpc) is 2.94. The van der Waals surface area contributed by atoms with Crippen LogP contribution in [0.4, 0.5) is 4.39 Å². The number of hydrogen-bond donors (Lipinski definition) is 1. The number of hydrogen-bond acceptors (Lipinski definition) is 3. The Morgan fingerprint density at radius 3 is 2.83 bits per heavy atom. The molecular weight excluding hydrogens is 353 g/mol. The molecule has 0 atom stereocenters. The maximum absolute atomic E-state index is 13.1. The summed E-state index contributed by atoms with van der Waals surface area (Å²) in [5.74, 6) is -0.469. The van der Waals surface area contributed by atoms with Gasteiger partial charge < -0.3 is 4.57 Å². The van der Waals surface area contributed by atoms with E-state index in [1.54, 1.807) is 29.1 Å². The van der Waals surface area contributed by atoms with Crippen LogP contribution in [0.15, 0.2) is 47.6 Å². The SMILES string of the molecule is CCn1cc(S(=O)(=O)NCc2ccc(F)cc2Cl)c2cccnc21. The van der Waals surface area contributed by atoms with E-state index in [2.05, 4.69) is 9.71 Å². The van der Waals surface area contributed by atoms with Gasteiger partial charge in [-0.15, -0.1) is 0 Å². The number of pyridine rings is 1. The zero-order chi connectivity index (χ0) is 17.3. The summed E-state index contributed by atoms with van der Waals surface area (Å²) in [5, 5.41) is 0.729. The van der Waals surface area contributed by atoms with E-state index in [4.69, 9.17) is 11.6 Å². The maximum atomic E-state index is 13.1. The summed E-state index contributed by atoms with van der Waals surface area (Å²) in [7, 11) is -3.76. The lowest BCUT2D eigenvalue weighted by Gasteiger charge is -2.07. The molecule has 24 heavy (non-hydrogen) atoms. The quantitative estimate of drug-likeness (QED) is 0.752. The molecule has 0 saturated heterocycles. The second kappa shape index (κ2) is 6.51. The number of sulfonamides is 1. The number of aromatic nitrogens is 2. The Kier molecular flexibility index (Phi) is 4.58. The molecule has 0 fully saturated rings. The lowest BCUT2D eigenvalue weighted by atomic mass is 10.2. The minimum atomic E-state index is -3.76. The van der Waals surface area contributed by atoms with Gasteiger partial charge >= 0.3 is 0 Å². The summed E-state index contributed by atoms with van der Waals surface area (Å²) in [5.41, 5.74) is 1.11. The molecule has 2 heterocycles. The largest absolute Gasteiger partial charge is 0.331 e. The van der Waals surface area contributed by atoms with Crippen LogP contribution in [0.3, 0.4) is 0 Å². The summed E-state index contributed by atoms with van der Waals surface area (Å²) < 4.78 is 42.7. The monoisotopic (exact) mass is 367 g/mol. The lowest BCUT2D eigenvalue weighted by Crippen LogP contribution is -2.23. The summed E-state index contributed by atoms with van der Waals surface area (Å²) in [6.07, 6.45) is 3.18. The van der Waals surface area contributed by atoms with Gasteiger partial charge in [0.15, 0.2) is 0 Å². The summed E-state index contributed by atoms with van der Waals surface area (Å²) in [6, 6.07) is 7.25. The molecule has 0 unspecified atom stereocenters. The molecule has 1 N–H and O–H groups in total. The Morgan fingerprint density at radius 2 is 2.12 bits per heavy atom. The number of nitrogens with one attached hydrogen (secondary N) is 1. The Bertz CT molecular complexity index is 1000. The third-order valence-corrected chi connectivity index (χ3v) is 5.48. The van der Waals surface area contributed by atoms with Crippen molar-refractivity contribution in [3.8, 4) is 0 Å². The fraction of sp³-hybridized carbons (Fsp3) is 0.188. The molecule has 2 aromatic heterocycles. The van der Waals surface area contributed by atoms with Gasteiger partial charge in [-0.25, -0.2) is 22.5 Å². The molecule has 0 aliphatic carbocycles. The molecule has 0 amide bonds. The van der Waals surface area contributed by atoms with Crippen molar-refractivity contribution in [3.05, 3.63) is 59.1 Å². The van der Waals surface area contributed by atoms with Gasteiger partial charge in [0.05, 0.1) is 0 Å². The highest BCUT2D eigenvalue weighted by Crippen LogP contribution is 2.24. The van der Waals surface area contributed by atoms with Gasteiger partial charge in [-0.1, -0.05) is 17.7 Å². The van der Waals surface area contributed by atoms with Gasteiger partial charge in [-0.3, -0.25) is 0 Å². The molecule has 0 bridgehead atoms. The Labute approximate surface area is 144 Å². The molecule has 1 aromatic carbocycles. The van der Waals surface area contributed by atoms with Crippen molar-refractivity contribution < 1.29 is 12.8 Å². The van der Waals surface area contributed by atoms with Crippen molar-refractivity contribution in [2.45, 2.75) is 24.9 Å². The Morgan fingerprint density at radius 1 is 1.33 bits per heavy atom. The van der Waals surface area contributed by atoms with Gasteiger partial charge in [0.1, 0.15) is 16.4 Å². The van der Waals surface area contributed by atoms with Gasteiger partial charge in [-0.2, -0.15) is 0 Å². The molecule has 5 nitrogen and oxygen atoms in total. The third-order valence-electron chi connectivity index (χ3n) is 3.70. The smallest absolute Gasteiger partial charge is 0.243 e. The maximum Gasteiger partial charge on any atom is 0.243 e. The molecule has 0 saturated carbocycles. The van der Waals surface area contributed by atoms with Crippen LogP contribution >= 0.6 is 11.6 Å². The molecule has 8 heteroatoms. The number of aryl methyl sites for hydroxylation is 1. The first-order valence-corrected chi connectivity index (χ1v) is 9.16. The van der Waals surface area contributed by atoms with Gasteiger partial charge in [-0.05, 0) is 36.8 Å². The molecule has 0 aliphatic rings. The first-order valence-electron chi connectivity index (χ1n) is 7.30. The zero-order valence-electron chi connectivity index (χ0n) is 12.8. The van der Waals surface area contributed by atoms with Crippen molar-refractivity contribution in [2.24, 2.45) is 0 Å². The molecule has 3 aromatic rings. The summed E-state index contributed by atoms with van der Waals surface area (Å²) in [6.45, 7) is 2.49. The van der Waals surface area contributed by atoms with Crippen LogP contribution in [-0.2, 0) is 23.1 Å². The van der Waals surface area contributed by atoms with Crippen LogP contribution in [0.2, 0.25) is 5.02 Å². The predicted molar refractivity (Wildman–Crippen MR) is 90.8 cm³/mol. The third kappa shape index (κ3) is 3.15. The molecule has 126 valence electrons. The average molecular weight is 368 g/mol. The van der Waals surface area contributed by atoms with E-state index in [0.29, 0.717) is 23.1 Å². The minimum absolute atomic E-state index is 0.0273. The van der Waals surface area contributed by atoms with Gasteiger partial charge in [0, 0.05) is 35.9 Å². The summed E-state index contributed by atoms with van der Waals surface area (Å²) >= 11 is 5.94. The molecule has 3 rings (SSSR count). The van der Waals surface area contributed by atoms with Crippen LogP contribution in [0, 0.1) is 5.82 Å². The normalized spacial score (nSPS) is 12.0. The standard InChI is InChI=1S/C16H15ClFN3O2S/c1-2-21-10-15(13-4-3-7-19-16(13)21)24(22,23)20-9-11-5-6-12(18)8-14(11)17/h3-8,10,20H,2,9H2,1H3. The van der Waals surface area contributed by atoms with Crippen molar-refractivity contribution in [1.29, 1.82) is 0 Å². The first kappa shape index (κ1) is 16.9. The van der Waals surface area contributed by atoms with Crippen molar-refractivity contribution >= 4 is 32.7 Å². The van der Waals surface area contributed by atoms with Gasteiger partial charge in [0.25, 0.3) is 0 Å². The second-order valence-corrected chi connectivity index (χ2v) is 7.36. The minimum Gasteiger partial charge on any atom is -0.331 e. The molecule has 0 radical (unpaired) electrons. The van der Waals surface area contributed by atoms with Crippen molar-refractivity contribution in [3.63, 3.8) is 0 Å². The number of halogens is 2. The van der Waals surface area contributed by atoms with E-state index in [9.17, 15) is 12.8 Å². The molecular formula is C16H15ClFN3O2S. The zero-order valence-corrected chi connectivity index (χ0v) is 14.4. The van der Waals surface area contributed by atoms with E-state index in [-0.39, 0.29) is 16.5 Å². The van der Waals surface area contributed by atoms with Crippen LogP contribution in [0.5, 0.6) is 0 Å². The number of fused-ring (bicyclic) bond motifs is 1. The predicted octanol–water partition coefficient (Wildman–Crippen LogP) is 3.33. The van der Waals surface area contributed by atoms with E-state index in [1.807, 2.05) is 6.92 Å². The van der Waals surface area contributed by atoms with Crippen LogP contribution in [0.1, 0.15) is 12.5 Å². The Balaban J connectivity index is 1.94. The van der Waals surface area contributed by atoms with Gasteiger partial charge in [0.2, 0.25) is 10.0 Å². The highest BCUT2D eigenvalue weighted by molar-refractivity contribution is 7.89. The highest BCUT2D eigenvalue weighted by atomic mass is 35.5. The highest BCUT2D eigenvalue weighted by Gasteiger charge is 2.21. The van der Waals surface area contributed by atoms with Crippen molar-refractivity contribution in [2.75, 3.05) is 0 Å². The van der Waals surface area contributed by atoms with Crippen LogP contribution in [-0.4, -0.2) is 18.0 Å². The lowest BCUT2D eigenvalue weighted by molar-refractivity contribution is 0.581. The molecule has 0 aliphatic heterocycles. The summed E-state index contributed by atoms with van der Waals surface area (Å²) in [4.78, 5) is 4.39. The van der Waals surface area contributed by atoms with E-state index < -0.39 is 15.8 Å². The van der Waals surface area contributed by atoms with Crippen molar-refractivity contribution in [1.82, 2.24) is 14.3 Å². The van der Waals surface area contributed by atoms with E-state index in [1.165, 1.54) is 12.1 Å². The van der Waals surface area contributed by atoms with E-state index in [0.717, 1.165) is 6.07 Å². The van der Waals surface area contributed by atoms with Crippen LogP contribution < -0.4 is 4.72 Å². The number of rotatable bonds is 5. The topological polar surface area (TPSA) is 64.0 Å². The number of nitrogens with zero attached hydrogens (tertiary/aromatic N) is 2. The molecule has 0 spiro atoms. The Hall–Kier alpha value is -1.96. The van der Waals surface area contributed by atoms with E-state index >= 15 is 0 Å². The fourth-order valence-electron chi connectivity index (χ4n) is 2.46. The fourth-order valence-corrected chi connectivity index (χ4v) is 3.91.